The second-order valence-corrected chi connectivity index (χ2v) is 5.07. The fourth-order valence-electron chi connectivity index (χ4n) is 1.76. The fraction of sp³-hybridized carbons (Fsp3) is 0.500. The largest absolute Gasteiger partial charge is 0.392 e. The highest BCUT2D eigenvalue weighted by Crippen LogP contribution is 2.23. The Bertz CT molecular complexity index is 293. The molecule has 2 rings (SSSR count). The van der Waals surface area contributed by atoms with Crippen molar-refractivity contribution in [2.24, 2.45) is 5.92 Å². The average molecular weight is 223 g/mol. The smallest absolute Gasteiger partial charge is 0.0681 e. The van der Waals surface area contributed by atoms with Crippen LogP contribution >= 0.6 is 11.8 Å². The van der Waals surface area contributed by atoms with E-state index in [1.54, 1.807) is 0 Å². The number of rotatable bonds is 4. The summed E-state index contributed by atoms with van der Waals surface area (Å²) >= 11 is 1.92. The molecule has 3 heteroatoms. The first-order valence-corrected chi connectivity index (χ1v) is 6.40. The molecule has 1 aromatic carbocycles. The van der Waals surface area contributed by atoms with Crippen molar-refractivity contribution < 1.29 is 5.11 Å². The van der Waals surface area contributed by atoms with Crippen molar-refractivity contribution in [1.82, 2.24) is 5.32 Å². The van der Waals surface area contributed by atoms with Crippen LogP contribution in [0.5, 0.6) is 0 Å². The zero-order valence-electron chi connectivity index (χ0n) is 8.78. The molecule has 2 N–H and O–H groups in total. The summed E-state index contributed by atoms with van der Waals surface area (Å²) in [5, 5.41) is 12.3. The van der Waals surface area contributed by atoms with Gasteiger partial charge in [-0.1, -0.05) is 12.1 Å². The molecule has 1 unspecified atom stereocenters. The third kappa shape index (κ3) is 3.23. The van der Waals surface area contributed by atoms with Gasteiger partial charge in [0.1, 0.15) is 0 Å². The van der Waals surface area contributed by atoms with Crippen molar-refractivity contribution in [3.8, 4) is 0 Å². The van der Waals surface area contributed by atoms with Crippen LogP contribution in [-0.4, -0.2) is 23.9 Å². The molecule has 15 heavy (non-hydrogen) atoms. The lowest BCUT2D eigenvalue weighted by molar-refractivity contribution is 0.282. The summed E-state index contributed by atoms with van der Waals surface area (Å²) < 4.78 is 0. The average Bonchev–Trinajstić information content (AvgIpc) is 2.80. The number of aliphatic hydroxyl groups is 1. The minimum Gasteiger partial charge on any atom is -0.392 e. The van der Waals surface area contributed by atoms with Crippen LogP contribution in [0.3, 0.4) is 0 Å². The number of hydrogen-bond acceptors (Lipinski definition) is 3. The van der Waals surface area contributed by atoms with Crippen LogP contribution in [0.2, 0.25) is 0 Å². The van der Waals surface area contributed by atoms with Crippen LogP contribution in [0.1, 0.15) is 12.0 Å². The van der Waals surface area contributed by atoms with Crippen LogP contribution in [0.15, 0.2) is 29.2 Å². The van der Waals surface area contributed by atoms with Crippen molar-refractivity contribution in [3.05, 3.63) is 29.8 Å². The van der Waals surface area contributed by atoms with E-state index in [2.05, 4.69) is 17.4 Å². The van der Waals surface area contributed by atoms with Gasteiger partial charge >= 0.3 is 0 Å². The summed E-state index contributed by atoms with van der Waals surface area (Å²) in [6.07, 6.45) is 1.31. The monoisotopic (exact) mass is 223 g/mol. The quantitative estimate of drug-likeness (QED) is 0.764. The predicted molar refractivity (Wildman–Crippen MR) is 64.1 cm³/mol. The molecular formula is C12H17NOS. The van der Waals surface area contributed by atoms with Gasteiger partial charge in [0, 0.05) is 10.6 Å². The van der Waals surface area contributed by atoms with E-state index in [4.69, 9.17) is 5.11 Å². The van der Waals surface area contributed by atoms with Gasteiger partial charge < -0.3 is 10.4 Å². The molecule has 82 valence electrons. The maximum Gasteiger partial charge on any atom is 0.0681 e. The lowest BCUT2D eigenvalue weighted by Gasteiger charge is -2.07. The molecule has 0 aromatic heterocycles. The van der Waals surface area contributed by atoms with E-state index < -0.39 is 0 Å². The van der Waals surface area contributed by atoms with Crippen molar-refractivity contribution >= 4 is 11.8 Å². The summed E-state index contributed by atoms with van der Waals surface area (Å²) in [5.41, 5.74) is 0.988. The maximum atomic E-state index is 8.92. The van der Waals surface area contributed by atoms with Crippen molar-refractivity contribution in [3.63, 3.8) is 0 Å². The summed E-state index contributed by atoms with van der Waals surface area (Å²) in [5.74, 6) is 2.03. The fourth-order valence-corrected chi connectivity index (χ4v) is 2.80. The summed E-state index contributed by atoms with van der Waals surface area (Å²) in [7, 11) is 0. The number of benzene rings is 1. The van der Waals surface area contributed by atoms with E-state index in [1.165, 1.54) is 30.2 Å². The first-order valence-electron chi connectivity index (χ1n) is 5.42. The van der Waals surface area contributed by atoms with Crippen LogP contribution in [0.4, 0.5) is 0 Å². The number of nitrogens with one attached hydrogen (secondary N) is 1. The van der Waals surface area contributed by atoms with Crippen molar-refractivity contribution in [2.75, 3.05) is 18.8 Å². The van der Waals surface area contributed by atoms with E-state index in [9.17, 15) is 0 Å². The standard InChI is InChI=1S/C12H17NOS/c14-8-10-1-3-12(4-2-10)15-9-11-5-6-13-7-11/h1-4,11,13-14H,5-9H2. The molecule has 1 atom stereocenters. The molecule has 0 bridgehead atoms. The normalized spacial score (nSPS) is 20.7. The van der Waals surface area contributed by atoms with Gasteiger partial charge in [0.05, 0.1) is 6.61 Å². The maximum absolute atomic E-state index is 8.92. The highest BCUT2D eigenvalue weighted by Gasteiger charge is 2.14. The first kappa shape index (κ1) is 11.0. The van der Waals surface area contributed by atoms with E-state index in [1.807, 2.05) is 23.9 Å². The van der Waals surface area contributed by atoms with Crippen molar-refractivity contribution in [1.29, 1.82) is 0 Å². The van der Waals surface area contributed by atoms with Gasteiger partial charge in [0.15, 0.2) is 0 Å². The third-order valence-electron chi connectivity index (χ3n) is 2.75. The molecule has 1 aliphatic rings. The van der Waals surface area contributed by atoms with Crippen LogP contribution in [0, 0.1) is 5.92 Å². The van der Waals surface area contributed by atoms with E-state index in [0.717, 1.165) is 11.5 Å². The Morgan fingerprint density at radius 3 is 2.73 bits per heavy atom. The molecule has 1 aliphatic heterocycles. The van der Waals surface area contributed by atoms with Crippen molar-refractivity contribution in [2.45, 2.75) is 17.9 Å². The molecule has 1 aromatic rings. The Hall–Kier alpha value is -0.510. The Morgan fingerprint density at radius 2 is 2.13 bits per heavy atom. The Balaban J connectivity index is 1.82. The van der Waals surface area contributed by atoms with Gasteiger partial charge in [-0.25, -0.2) is 0 Å². The van der Waals surface area contributed by atoms with Crippen LogP contribution < -0.4 is 5.32 Å². The topological polar surface area (TPSA) is 32.3 Å². The SMILES string of the molecule is OCc1ccc(SCC2CCNC2)cc1. The molecule has 1 saturated heterocycles. The summed E-state index contributed by atoms with van der Waals surface area (Å²) in [4.78, 5) is 1.30. The van der Waals surface area contributed by atoms with Gasteiger partial charge in [-0.15, -0.1) is 11.8 Å². The Kier molecular flexibility index (Phi) is 4.06. The molecule has 1 fully saturated rings. The number of thioether (sulfide) groups is 1. The number of aliphatic hydroxyl groups excluding tert-OH is 1. The zero-order chi connectivity index (χ0) is 10.5. The third-order valence-corrected chi connectivity index (χ3v) is 4.00. The summed E-state index contributed by atoms with van der Waals surface area (Å²) in [6.45, 7) is 2.48. The number of hydrogen-bond donors (Lipinski definition) is 2. The van der Waals surface area contributed by atoms with Gasteiger partial charge in [0.25, 0.3) is 0 Å². The first-order chi connectivity index (χ1) is 7.38. The van der Waals surface area contributed by atoms with Gasteiger partial charge in [-0.3, -0.25) is 0 Å². The van der Waals surface area contributed by atoms with Crippen LogP contribution in [-0.2, 0) is 6.61 Å². The highest BCUT2D eigenvalue weighted by molar-refractivity contribution is 7.99. The lowest BCUT2D eigenvalue weighted by atomic mass is 10.2. The van der Waals surface area contributed by atoms with Gasteiger partial charge in [0.2, 0.25) is 0 Å². The van der Waals surface area contributed by atoms with E-state index in [0.29, 0.717) is 0 Å². The minimum atomic E-state index is 0.136. The van der Waals surface area contributed by atoms with Crippen LogP contribution in [0.25, 0.3) is 0 Å². The van der Waals surface area contributed by atoms with Gasteiger partial charge in [-0.05, 0) is 43.1 Å². The Labute approximate surface area is 95.1 Å². The molecular weight excluding hydrogens is 206 g/mol. The minimum absolute atomic E-state index is 0.136. The Morgan fingerprint density at radius 1 is 1.33 bits per heavy atom. The molecule has 0 radical (unpaired) electrons. The lowest BCUT2D eigenvalue weighted by Crippen LogP contribution is -2.10. The highest BCUT2D eigenvalue weighted by atomic mass is 32.2. The molecule has 0 aliphatic carbocycles. The molecule has 0 spiro atoms. The predicted octanol–water partition coefficient (Wildman–Crippen LogP) is 1.88. The van der Waals surface area contributed by atoms with E-state index in [-0.39, 0.29) is 6.61 Å². The zero-order valence-corrected chi connectivity index (χ0v) is 9.59. The molecule has 0 saturated carbocycles. The second-order valence-electron chi connectivity index (χ2n) is 3.97. The van der Waals surface area contributed by atoms with E-state index >= 15 is 0 Å². The molecule has 0 amide bonds. The second kappa shape index (κ2) is 5.54. The summed E-state index contributed by atoms with van der Waals surface area (Å²) in [6, 6.07) is 8.18. The molecule has 1 heterocycles. The molecule has 2 nitrogen and oxygen atoms in total. The van der Waals surface area contributed by atoms with Gasteiger partial charge in [-0.2, -0.15) is 0 Å².